The lowest BCUT2D eigenvalue weighted by atomic mass is 9.98. The summed E-state index contributed by atoms with van der Waals surface area (Å²) in [6.07, 6.45) is 0.797. The molecule has 0 unspecified atom stereocenters. The minimum atomic E-state index is -0.555. The molecule has 2 aliphatic rings. The molecule has 0 saturated heterocycles. The lowest BCUT2D eigenvalue weighted by Crippen LogP contribution is -2.30. The van der Waals surface area contributed by atoms with E-state index in [0.717, 1.165) is 11.1 Å². The van der Waals surface area contributed by atoms with E-state index in [1.165, 1.54) is 73.0 Å². The smallest absolute Gasteiger partial charge is 0.254 e. The molecule has 4 N–H and O–H groups in total. The fourth-order valence-corrected chi connectivity index (χ4v) is 10.3. The second-order valence-electron chi connectivity index (χ2n) is 19.9. The molecule has 0 atom stereocenters. The highest BCUT2D eigenvalue weighted by Gasteiger charge is 2.32. The molecule has 0 spiro atoms. The maximum atomic E-state index is 14.4. The Morgan fingerprint density at radius 3 is 1.00 bits per heavy atom. The second kappa shape index (κ2) is 26.3. The topological polar surface area (TPSA) is 212 Å². The number of halogens is 2. The molecule has 0 radical (unpaired) electrons. The van der Waals surface area contributed by atoms with Crippen molar-refractivity contribution in [2.75, 3.05) is 55.7 Å². The molecule has 2 aliphatic heterocycles. The third kappa shape index (κ3) is 13.2. The van der Waals surface area contributed by atoms with Crippen LogP contribution in [-0.4, -0.2) is 101 Å². The highest BCUT2D eigenvalue weighted by Crippen LogP contribution is 2.40. The summed E-state index contributed by atoms with van der Waals surface area (Å²) in [6.45, 7) is 0.801. The fraction of sp³-hybridized carbons (Fsp3) is 0.250. The Morgan fingerprint density at radius 2 is 0.702 bits per heavy atom. The molecule has 0 aliphatic carbocycles. The van der Waals surface area contributed by atoms with Gasteiger partial charge in [0.15, 0.2) is 23.0 Å². The normalized spacial score (nSPS) is 12.1. The summed E-state index contributed by atoms with van der Waals surface area (Å²) in [5.74, 6) is -1.41. The molecule has 20 heteroatoms. The summed E-state index contributed by atoms with van der Waals surface area (Å²) >= 11 is 0. The number of hydrogen-bond donors (Lipinski definition) is 4. The van der Waals surface area contributed by atoms with E-state index >= 15 is 0 Å². The van der Waals surface area contributed by atoms with Gasteiger partial charge in [-0.1, -0.05) is 30.3 Å². The molecule has 9 rings (SSSR count). The van der Waals surface area contributed by atoms with Gasteiger partial charge in [0, 0.05) is 63.5 Å². The number of hydrogen-bond acceptors (Lipinski definition) is 12. The van der Waals surface area contributed by atoms with Crippen LogP contribution < -0.4 is 49.7 Å². The van der Waals surface area contributed by atoms with E-state index in [2.05, 4.69) is 21.3 Å². The van der Waals surface area contributed by atoms with Crippen LogP contribution in [-0.2, 0) is 52.1 Å². The highest BCUT2D eigenvalue weighted by atomic mass is 19.1. The number of carbonyl (C=O) groups is 6. The van der Waals surface area contributed by atoms with Gasteiger partial charge in [-0.3, -0.25) is 28.8 Å². The third-order valence-electron chi connectivity index (χ3n) is 14.6. The van der Waals surface area contributed by atoms with Crippen molar-refractivity contribution in [2.24, 2.45) is 0 Å². The van der Waals surface area contributed by atoms with E-state index in [1.807, 2.05) is 0 Å². The number of nitrogens with one attached hydrogen (secondary N) is 4. The van der Waals surface area contributed by atoms with Crippen LogP contribution in [0.15, 0.2) is 121 Å². The Bertz CT molecular complexity index is 3390. The molecule has 7 aromatic rings. The van der Waals surface area contributed by atoms with Gasteiger partial charge in [-0.25, -0.2) is 8.78 Å². The van der Waals surface area contributed by atoms with Crippen molar-refractivity contribution in [3.8, 4) is 34.5 Å². The van der Waals surface area contributed by atoms with Crippen molar-refractivity contribution in [1.29, 1.82) is 0 Å². The average molecular weight is 1150 g/mol. The Hall–Kier alpha value is -9.98. The molecule has 0 aromatic heterocycles. The Balaban J connectivity index is 0.918. The quantitative estimate of drug-likeness (QED) is 0.0507. The number of carbonyl (C=O) groups excluding carboxylic acids is 6. The second-order valence-corrected chi connectivity index (χ2v) is 19.9. The van der Waals surface area contributed by atoms with E-state index in [9.17, 15) is 37.5 Å². The first kappa shape index (κ1) is 58.7. The van der Waals surface area contributed by atoms with E-state index < -0.39 is 35.4 Å². The first-order chi connectivity index (χ1) is 40.6. The lowest BCUT2D eigenvalue weighted by molar-refractivity contribution is 0.0748. The van der Waals surface area contributed by atoms with E-state index in [0.29, 0.717) is 80.7 Å². The lowest BCUT2D eigenvalue weighted by Gasteiger charge is -2.18. The van der Waals surface area contributed by atoms with Gasteiger partial charge in [0.1, 0.15) is 11.6 Å². The van der Waals surface area contributed by atoms with Crippen LogP contribution in [0, 0.1) is 11.6 Å². The van der Waals surface area contributed by atoms with Crippen molar-refractivity contribution >= 4 is 35.4 Å². The summed E-state index contributed by atoms with van der Waals surface area (Å²) in [6, 6.07) is 31.5. The largest absolute Gasteiger partial charge is 0.493 e. The molecule has 84 heavy (non-hydrogen) atoms. The number of benzene rings is 7. The van der Waals surface area contributed by atoms with Crippen molar-refractivity contribution < 1.29 is 66.0 Å². The molecule has 7 aromatic carbocycles. The summed E-state index contributed by atoms with van der Waals surface area (Å²) in [4.78, 5) is 88.3. The van der Waals surface area contributed by atoms with E-state index in [4.69, 9.17) is 28.4 Å². The van der Waals surface area contributed by atoms with Gasteiger partial charge in [0.05, 0.1) is 64.9 Å². The molecule has 0 saturated carbocycles. The molecule has 18 nitrogen and oxygen atoms in total. The van der Waals surface area contributed by atoms with Crippen LogP contribution in [0.2, 0.25) is 0 Å². The Labute approximate surface area is 483 Å². The summed E-state index contributed by atoms with van der Waals surface area (Å²) in [5.41, 5.74) is 6.18. The number of fused-ring (bicyclic) bond motifs is 2. The standard InChI is InChI=1S/C64H62F2N6O12/c1-79-53-22-39(23-54(80-2)57(53)83-5)31-69-61(75)51-29-45-35-71(33-43(45)27-49(51)59(73)67-20-18-37-10-14-47(65)15-11-37)63(77)41-8-7-9-42(26-41)64(78)72-34-44-28-50(60(74)68-21-19-38-12-16-48(66)17-13-38)52(30-46(44)36-72)62(76)70-32-40-24-55(81-3)58(84-6)56(25-40)82-4/h7-17,22-30H,18-21,31-36H2,1-6H3,(H,67,73)(H,68,74)(H,69,75)(H,70,76). The SMILES string of the molecule is COc1cc(CNC(=O)c2cc3c(cc2C(=O)NCCc2ccc(F)cc2)CN(C(=O)c2cccc(C(=O)N4Cc5cc(C(=O)NCCc6ccc(F)cc6)c(C(=O)NCc6cc(OC)c(OC)c(OC)c6)cc5C4)c2)C3)cc(OC)c1OC. The minimum absolute atomic E-state index is 0.0260. The van der Waals surface area contributed by atoms with Gasteiger partial charge in [0.2, 0.25) is 11.5 Å². The summed E-state index contributed by atoms with van der Waals surface area (Å²) in [5, 5.41) is 11.6. The minimum Gasteiger partial charge on any atom is -0.493 e. The van der Waals surface area contributed by atoms with Gasteiger partial charge in [0.25, 0.3) is 35.4 Å². The number of amides is 6. The van der Waals surface area contributed by atoms with Crippen molar-refractivity contribution in [3.63, 3.8) is 0 Å². The van der Waals surface area contributed by atoms with Gasteiger partial charge >= 0.3 is 0 Å². The van der Waals surface area contributed by atoms with Crippen LogP contribution >= 0.6 is 0 Å². The Morgan fingerprint density at radius 1 is 0.393 bits per heavy atom. The molecule has 2 heterocycles. The van der Waals surface area contributed by atoms with Gasteiger partial charge in [-0.05, 0) is 148 Å². The first-order valence-corrected chi connectivity index (χ1v) is 26.8. The van der Waals surface area contributed by atoms with Gasteiger partial charge < -0.3 is 59.5 Å². The van der Waals surface area contributed by atoms with Gasteiger partial charge in [-0.2, -0.15) is 0 Å². The predicted octanol–water partition coefficient (Wildman–Crippen LogP) is 8.13. The first-order valence-electron chi connectivity index (χ1n) is 26.8. The molecule has 6 amide bonds. The molecule has 0 bridgehead atoms. The maximum absolute atomic E-state index is 14.4. The van der Waals surface area contributed by atoms with E-state index in [-0.39, 0.29) is 97.4 Å². The zero-order valence-electron chi connectivity index (χ0n) is 47.2. The zero-order valence-corrected chi connectivity index (χ0v) is 47.2. The highest BCUT2D eigenvalue weighted by molar-refractivity contribution is 6.09. The molecule has 0 fully saturated rings. The average Bonchev–Trinajstić information content (AvgIpc) is 3.45. The van der Waals surface area contributed by atoms with Crippen LogP contribution in [0.4, 0.5) is 8.78 Å². The molecular weight excluding hydrogens is 1080 g/mol. The van der Waals surface area contributed by atoms with Crippen LogP contribution in [0.1, 0.15) is 107 Å². The van der Waals surface area contributed by atoms with E-state index in [1.54, 1.807) is 101 Å². The maximum Gasteiger partial charge on any atom is 0.254 e. The van der Waals surface area contributed by atoms with Crippen molar-refractivity contribution in [1.82, 2.24) is 31.1 Å². The number of nitrogens with zero attached hydrogens (tertiary/aromatic N) is 2. The van der Waals surface area contributed by atoms with Crippen LogP contribution in [0.5, 0.6) is 34.5 Å². The predicted molar refractivity (Wildman–Crippen MR) is 306 cm³/mol. The van der Waals surface area contributed by atoms with Crippen molar-refractivity contribution in [2.45, 2.75) is 52.1 Å². The van der Waals surface area contributed by atoms with Crippen molar-refractivity contribution in [3.05, 3.63) is 211 Å². The van der Waals surface area contributed by atoms with Crippen LogP contribution in [0.25, 0.3) is 0 Å². The number of rotatable bonds is 22. The fourth-order valence-electron chi connectivity index (χ4n) is 10.3. The Kier molecular flexibility index (Phi) is 18.4. The summed E-state index contributed by atoms with van der Waals surface area (Å²) in [7, 11) is 8.89. The number of methoxy groups -OCH3 is 6. The molecular formula is C64H62F2N6O12. The zero-order chi connectivity index (χ0) is 59.6. The third-order valence-corrected chi connectivity index (χ3v) is 14.6. The summed E-state index contributed by atoms with van der Waals surface area (Å²) < 4.78 is 60.1. The van der Waals surface area contributed by atoms with Crippen LogP contribution in [0.3, 0.4) is 0 Å². The van der Waals surface area contributed by atoms with Gasteiger partial charge in [-0.15, -0.1) is 0 Å². The number of ether oxygens (including phenoxy) is 6. The molecule has 434 valence electrons. The monoisotopic (exact) mass is 1140 g/mol.